The lowest BCUT2D eigenvalue weighted by Crippen LogP contribution is -2.46. The summed E-state index contributed by atoms with van der Waals surface area (Å²) >= 11 is 0. The summed E-state index contributed by atoms with van der Waals surface area (Å²) in [5, 5.41) is 8.08. The minimum atomic E-state index is -4.44. The first-order chi connectivity index (χ1) is 15.3. The molecule has 11 heteroatoms. The van der Waals surface area contributed by atoms with Gasteiger partial charge in [-0.05, 0) is 37.1 Å². The molecule has 176 valence electrons. The Balaban J connectivity index is 1.24. The first kappa shape index (κ1) is 22.7. The van der Waals surface area contributed by atoms with Crippen LogP contribution in [0.5, 0.6) is 0 Å². The number of hydrogen-bond acceptors (Lipinski definition) is 5. The molecule has 3 N–H and O–H groups in total. The van der Waals surface area contributed by atoms with Gasteiger partial charge in [0.2, 0.25) is 0 Å². The largest absolute Gasteiger partial charge is 0.441 e. The van der Waals surface area contributed by atoms with Gasteiger partial charge in [-0.3, -0.25) is 0 Å². The number of hydrogen-bond donors (Lipinski definition) is 3. The van der Waals surface area contributed by atoms with E-state index in [-0.39, 0.29) is 24.9 Å². The summed E-state index contributed by atoms with van der Waals surface area (Å²) in [6.45, 7) is 0.325. The van der Waals surface area contributed by atoms with Crippen LogP contribution in [-0.2, 0) is 20.4 Å². The van der Waals surface area contributed by atoms with Gasteiger partial charge in [0.05, 0.1) is 24.8 Å². The first-order valence-electron chi connectivity index (χ1n) is 10.7. The van der Waals surface area contributed by atoms with Gasteiger partial charge in [0.25, 0.3) is 0 Å². The van der Waals surface area contributed by atoms with E-state index in [1.807, 2.05) is 0 Å². The number of halogens is 3. The van der Waals surface area contributed by atoms with Crippen LogP contribution in [0.4, 0.5) is 28.4 Å². The second-order valence-corrected chi connectivity index (χ2v) is 8.30. The molecule has 1 aromatic rings. The average Bonchev–Trinajstić information content (AvgIpc) is 3.32. The first-order valence-corrected chi connectivity index (χ1v) is 10.7. The average molecular weight is 457 g/mol. The zero-order valence-electron chi connectivity index (χ0n) is 17.3. The molecule has 4 rings (SSSR count). The molecular formula is C21H26F3N3O5. The monoisotopic (exact) mass is 457 g/mol. The number of alkyl halides is 3. The number of rotatable bonds is 4. The Morgan fingerprint density at radius 1 is 0.938 bits per heavy atom. The van der Waals surface area contributed by atoms with Crippen LogP contribution in [0.15, 0.2) is 24.3 Å². The number of fused-ring (bicyclic) bond motifs is 1. The normalized spacial score (nSPS) is 28.1. The van der Waals surface area contributed by atoms with E-state index in [2.05, 4.69) is 16.0 Å². The Morgan fingerprint density at radius 2 is 1.62 bits per heavy atom. The lowest BCUT2D eigenvalue weighted by atomic mass is 9.96. The summed E-state index contributed by atoms with van der Waals surface area (Å²) < 4.78 is 54.8. The Kier molecular flexibility index (Phi) is 6.75. The second-order valence-electron chi connectivity index (χ2n) is 8.30. The third-order valence-corrected chi connectivity index (χ3v) is 5.98. The van der Waals surface area contributed by atoms with Crippen molar-refractivity contribution < 1.29 is 37.0 Å². The van der Waals surface area contributed by atoms with Crippen molar-refractivity contribution in [1.29, 1.82) is 0 Å². The number of benzene rings is 1. The van der Waals surface area contributed by atoms with Crippen LogP contribution in [0.2, 0.25) is 0 Å². The van der Waals surface area contributed by atoms with Crippen LogP contribution in [-0.4, -0.2) is 55.7 Å². The standard InChI is InChI=1S/C21H26F3N3O5/c22-21(23,24)12-6-8-14(9-7-12)25-19(28)27-15-10-30-18-16(11-31-17(15)18)32-20(29)26-13-4-2-1-3-5-13/h6-9,13,15-18H,1-5,10-11H2,(H,26,29)(H2,25,27,28)/t15-,16-,17-,18+/m1/s1. The maximum Gasteiger partial charge on any atom is 0.416 e. The van der Waals surface area contributed by atoms with Crippen LogP contribution in [0.1, 0.15) is 37.7 Å². The smallest absolute Gasteiger partial charge is 0.416 e. The predicted molar refractivity (Wildman–Crippen MR) is 107 cm³/mol. The van der Waals surface area contributed by atoms with E-state index in [9.17, 15) is 22.8 Å². The Labute approximate surface area is 183 Å². The molecule has 0 aromatic heterocycles. The van der Waals surface area contributed by atoms with E-state index in [0.717, 1.165) is 37.8 Å². The SMILES string of the molecule is O=C(Nc1ccc(C(F)(F)F)cc1)N[C@@H]1CO[C@@H]2[C@@H]1OC[C@H]2OC(=O)NC1CCCCC1. The van der Waals surface area contributed by atoms with Crippen molar-refractivity contribution in [2.45, 2.75) is 68.7 Å². The van der Waals surface area contributed by atoms with Gasteiger partial charge < -0.3 is 30.2 Å². The van der Waals surface area contributed by atoms with E-state index in [1.165, 1.54) is 18.6 Å². The number of amides is 3. The molecule has 3 fully saturated rings. The minimum absolute atomic E-state index is 0.127. The summed E-state index contributed by atoms with van der Waals surface area (Å²) in [6, 6.07) is 3.19. The van der Waals surface area contributed by atoms with Crippen LogP contribution in [0.3, 0.4) is 0 Å². The van der Waals surface area contributed by atoms with Crippen LogP contribution in [0.25, 0.3) is 0 Å². The van der Waals surface area contributed by atoms with Gasteiger partial charge in [-0.25, -0.2) is 9.59 Å². The van der Waals surface area contributed by atoms with E-state index < -0.39 is 48.2 Å². The number of urea groups is 1. The Morgan fingerprint density at radius 3 is 2.31 bits per heavy atom. The number of anilines is 1. The van der Waals surface area contributed by atoms with Crippen molar-refractivity contribution in [2.24, 2.45) is 0 Å². The van der Waals surface area contributed by atoms with Gasteiger partial charge in [0.15, 0.2) is 6.10 Å². The summed E-state index contributed by atoms with van der Waals surface area (Å²) in [5.74, 6) is 0. The van der Waals surface area contributed by atoms with Crippen molar-refractivity contribution in [3.63, 3.8) is 0 Å². The molecule has 2 heterocycles. The van der Waals surface area contributed by atoms with Gasteiger partial charge in [-0.1, -0.05) is 19.3 Å². The third kappa shape index (κ3) is 5.44. The maximum atomic E-state index is 12.6. The lowest BCUT2D eigenvalue weighted by Gasteiger charge is -2.24. The number of carbonyl (C=O) groups excluding carboxylic acids is 2. The summed E-state index contributed by atoms with van der Waals surface area (Å²) in [6.07, 6.45) is -1.24. The molecule has 32 heavy (non-hydrogen) atoms. The summed E-state index contributed by atoms with van der Waals surface area (Å²) in [7, 11) is 0. The molecule has 0 bridgehead atoms. The number of ether oxygens (including phenoxy) is 3. The van der Waals surface area contributed by atoms with E-state index in [1.54, 1.807) is 0 Å². The van der Waals surface area contributed by atoms with Gasteiger partial charge >= 0.3 is 18.3 Å². The molecule has 2 saturated heterocycles. The molecule has 1 aromatic carbocycles. The van der Waals surface area contributed by atoms with Crippen LogP contribution < -0.4 is 16.0 Å². The van der Waals surface area contributed by atoms with Gasteiger partial charge in [-0.15, -0.1) is 0 Å². The maximum absolute atomic E-state index is 12.6. The van der Waals surface area contributed by atoms with E-state index >= 15 is 0 Å². The zero-order chi connectivity index (χ0) is 22.7. The minimum Gasteiger partial charge on any atom is -0.441 e. The van der Waals surface area contributed by atoms with Crippen molar-refractivity contribution >= 4 is 17.8 Å². The fraction of sp³-hybridized carbons (Fsp3) is 0.619. The van der Waals surface area contributed by atoms with Gasteiger partial charge in [-0.2, -0.15) is 13.2 Å². The third-order valence-electron chi connectivity index (χ3n) is 5.98. The van der Waals surface area contributed by atoms with Crippen molar-refractivity contribution in [2.75, 3.05) is 18.5 Å². The van der Waals surface area contributed by atoms with Crippen LogP contribution in [0, 0.1) is 0 Å². The van der Waals surface area contributed by atoms with Crippen molar-refractivity contribution in [1.82, 2.24) is 10.6 Å². The predicted octanol–water partition coefficient (Wildman–Crippen LogP) is 3.42. The molecular weight excluding hydrogens is 431 g/mol. The topological polar surface area (TPSA) is 97.9 Å². The Bertz CT molecular complexity index is 814. The van der Waals surface area contributed by atoms with Gasteiger partial charge in [0, 0.05) is 11.7 Å². The lowest BCUT2D eigenvalue weighted by molar-refractivity contribution is -0.137. The van der Waals surface area contributed by atoms with Crippen molar-refractivity contribution in [3.8, 4) is 0 Å². The van der Waals surface area contributed by atoms with E-state index in [4.69, 9.17) is 14.2 Å². The number of nitrogens with one attached hydrogen (secondary N) is 3. The highest BCUT2D eigenvalue weighted by Gasteiger charge is 2.50. The molecule has 0 unspecified atom stereocenters. The summed E-state index contributed by atoms with van der Waals surface area (Å²) in [4.78, 5) is 24.5. The van der Waals surface area contributed by atoms with Crippen molar-refractivity contribution in [3.05, 3.63) is 29.8 Å². The Hall–Kier alpha value is -2.53. The molecule has 4 atom stereocenters. The zero-order valence-corrected chi connectivity index (χ0v) is 17.3. The molecule has 2 aliphatic heterocycles. The quantitative estimate of drug-likeness (QED) is 0.644. The highest BCUT2D eigenvalue weighted by atomic mass is 19.4. The molecule has 8 nitrogen and oxygen atoms in total. The highest BCUT2D eigenvalue weighted by Crippen LogP contribution is 2.31. The number of carbonyl (C=O) groups is 2. The molecule has 1 aliphatic carbocycles. The molecule has 3 amide bonds. The van der Waals surface area contributed by atoms with E-state index in [0.29, 0.717) is 0 Å². The fourth-order valence-corrected chi connectivity index (χ4v) is 4.35. The summed E-state index contributed by atoms with van der Waals surface area (Å²) in [5.41, 5.74) is -0.577. The second kappa shape index (κ2) is 9.53. The van der Waals surface area contributed by atoms with Gasteiger partial charge in [0.1, 0.15) is 12.2 Å². The molecule has 0 radical (unpaired) electrons. The molecule has 3 aliphatic rings. The van der Waals surface area contributed by atoms with Crippen LogP contribution >= 0.6 is 0 Å². The highest BCUT2D eigenvalue weighted by molar-refractivity contribution is 5.89. The molecule has 0 spiro atoms. The molecule has 1 saturated carbocycles. The fourth-order valence-electron chi connectivity index (χ4n) is 4.35. The number of alkyl carbamates (subject to hydrolysis) is 1.